The van der Waals surface area contributed by atoms with E-state index < -0.39 is 22.3 Å². The number of carbonyl (C=O) groups excluding carboxylic acids is 2. The van der Waals surface area contributed by atoms with Crippen molar-refractivity contribution >= 4 is 23.6 Å². The van der Waals surface area contributed by atoms with Crippen LogP contribution >= 0.6 is 0 Å². The number of carbonyl (C=O) groups is 2. The monoisotopic (exact) mass is 447 g/mol. The summed E-state index contributed by atoms with van der Waals surface area (Å²) in [5.74, 6) is -0.0769. The molecule has 170 valence electrons. The summed E-state index contributed by atoms with van der Waals surface area (Å²) in [6, 6.07) is 16.3. The molecule has 0 saturated heterocycles. The van der Waals surface area contributed by atoms with Gasteiger partial charge in [-0.3, -0.25) is 19.7 Å². The first-order valence-corrected chi connectivity index (χ1v) is 10.3. The van der Waals surface area contributed by atoms with Gasteiger partial charge >= 0.3 is 0 Å². The number of nitro benzene ring substituents is 1. The van der Waals surface area contributed by atoms with Crippen LogP contribution in [0.15, 0.2) is 70.8 Å². The molecule has 0 unspecified atom stereocenters. The van der Waals surface area contributed by atoms with Gasteiger partial charge in [-0.25, -0.2) is 0 Å². The predicted molar refractivity (Wildman–Crippen MR) is 125 cm³/mol. The summed E-state index contributed by atoms with van der Waals surface area (Å²) >= 11 is 0. The maximum absolute atomic E-state index is 12.9. The zero-order chi connectivity index (χ0) is 24.2. The van der Waals surface area contributed by atoms with Crippen LogP contribution in [0.25, 0.3) is 17.4 Å². The van der Waals surface area contributed by atoms with E-state index in [1.165, 1.54) is 18.2 Å². The molecular weight excluding hydrogens is 422 g/mol. The van der Waals surface area contributed by atoms with Gasteiger partial charge < -0.3 is 15.1 Å². The Morgan fingerprint density at radius 1 is 0.970 bits per heavy atom. The minimum absolute atomic E-state index is 0.0228. The van der Waals surface area contributed by atoms with Crippen molar-refractivity contribution in [2.45, 2.75) is 33.2 Å². The predicted octanol–water partition coefficient (Wildman–Crippen LogP) is 4.85. The fourth-order valence-electron chi connectivity index (χ4n) is 2.94. The van der Waals surface area contributed by atoms with E-state index in [1.54, 1.807) is 36.4 Å². The Morgan fingerprint density at radius 2 is 1.61 bits per heavy atom. The van der Waals surface area contributed by atoms with Crippen LogP contribution in [0.4, 0.5) is 5.69 Å². The third kappa shape index (κ3) is 6.39. The fraction of sp³-hybridized carbons (Fsp3) is 0.200. The normalized spacial score (nSPS) is 11.7. The molecule has 3 rings (SSSR count). The highest BCUT2D eigenvalue weighted by Gasteiger charge is 2.20. The molecule has 2 aromatic carbocycles. The number of furan rings is 1. The van der Waals surface area contributed by atoms with E-state index in [4.69, 9.17) is 4.42 Å². The van der Waals surface area contributed by atoms with E-state index in [2.05, 4.69) is 10.6 Å². The maximum atomic E-state index is 12.9. The standard InChI is InChI=1S/C25H25N3O5/c1-16-5-7-18(8-6-16)23(29)26-21(24(30)27-25(2,3)4)15-20-13-14-22(33-20)17-9-11-19(12-10-17)28(31)32/h5-15H,1-4H3,(H,26,29)(H,27,30). The van der Waals surface area contributed by atoms with Crippen LogP contribution < -0.4 is 10.6 Å². The van der Waals surface area contributed by atoms with Crippen LogP contribution in [0, 0.1) is 17.0 Å². The van der Waals surface area contributed by atoms with Crippen molar-refractivity contribution in [1.29, 1.82) is 0 Å². The molecule has 0 aliphatic heterocycles. The van der Waals surface area contributed by atoms with Gasteiger partial charge in [0.1, 0.15) is 17.2 Å². The molecule has 1 heterocycles. The molecule has 0 spiro atoms. The SMILES string of the molecule is Cc1ccc(C(=O)NC(=Cc2ccc(-c3ccc([N+](=O)[O-])cc3)o2)C(=O)NC(C)(C)C)cc1. The van der Waals surface area contributed by atoms with E-state index in [-0.39, 0.29) is 11.4 Å². The van der Waals surface area contributed by atoms with Crippen LogP contribution in [0.5, 0.6) is 0 Å². The second-order valence-corrected chi connectivity index (χ2v) is 8.59. The molecule has 0 bridgehead atoms. The molecule has 0 radical (unpaired) electrons. The Morgan fingerprint density at radius 3 is 2.18 bits per heavy atom. The Bertz CT molecular complexity index is 1200. The Labute approximate surface area is 191 Å². The summed E-state index contributed by atoms with van der Waals surface area (Å²) in [7, 11) is 0. The summed E-state index contributed by atoms with van der Waals surface area (Å²) in [5.41, 5.74) is 1.57. The summed E-state index contributed by atoms with van der Waals surface area (Å²) in [6.45, 7) is 7.43. The lowest BCUT2D eigenvalue weighted by Crippen LogP contribution is -2.44. The first-order valence-electron chi connectivity index (χ1n) is 10.3. The average Bonchev–Trinajstić information content (AvgIpc) is 3.21. The molecule has 0 aliphatic rings. The van der Waals surface area contributed by atoms with Crippen molar-refractivity contribution in [3.63, 3.8) is 0 Å². The smallest absolute Gasteiger partial charge is 0.269 e. The minimum Gasteiger partial charge on any atom is -0.457 e. The van der Waals surface area contributed by atoms with E-state index in [0.29, 0.717) is 22.6 Å². The number of hydrogen-bond donors (Lipinski definition) is 2. The summed E-state index contributed by atoms with van der Waals surface area (Å²) < 4.78 is 5.81. The zero-order valence-corrected chi connectivity index (χ0v) is 18.8. The maximum Gasteiger partial charge on any atom is 0.269 e. The molecule has 0 atom stereocenters. The van der Waals surface area contributed by atoms with Crippen molar-refractivity contribution in [2.75, 3.05) is 0 Å². The lowest BCUT2D eigenvalue weighted by molar-refractivity contribution is -0.384. The van der Waals surface area contributed by atoms with E-state index in [0.717, 1.165) is 5.56 Å². The number of nitro groups is 1. The highest BCUT2D eigenvalue weighted by atomic mass is 16.6. The van der Waals surface area contributed by atoms with Gasteiger partial charge in [0.25, 0.3) is 17.5 Å². The molecule has 3 aromatic rings. The first-order chi connectivity index (χ1) is 15.5. The Kier molecular flexibility index (Phi) is 6.77. The lowest BCUT2D eigenvalue weighted by atomic mass is 10.1. The molecule has 8 heteroatoms. The molecule has 2 amide bonds. The highest BCUT2D eigenvalue weighted by molar-refractivity contribution is 6.05. The van der Waals surface area contributed by atoms with E-state index in [1.807, 2.05) is 39.8 Å². The van der Waals surface area contributed by atoms with Crippen LogP contribution in [-0.2, 0) is 4.79 Å². The molecule has 0 saturated carbocycles. The van der Waals surface area contributed by atoms with Gasteiger partial charge in [0.2, 0.25) is 0 Å². The number of amides is 2. The fourth-order valence-corrected chi connectivity index (χ4v) is 2.94. The molecule has 33 heavy (non-hydrogen) atoms. The lowest BCUT2D eigenvalue weighted by Gasteiger charge is -2.21. The second kappa shape index (κ2) is 9.52. The minimum atomic E-state index is -0.516. The number of hydrogen-bond acceptors (Lipinski definition) is 5. The summed E-state index contributed by atoms with van der Waals surface area (Å²) in [5, 5.41) is 16.3. The van der Waals surface area contributed by atoms with Crippen molar-refractivity contribution < 1.29 is 18.9 Å². The van der Waals surface area contributed by atoms with E-state index in [9.17, 15) is 19.7 Å². The molecule has 2 N–H and O–H groups in total. The van der Waals surface area contributed by atoms with Gasteiger partial charge in [0.05, 0.1) is 4.92 Å². The molecule has 1 aromatic heterocycles. The largest absolute Gasteiger partial charge is 0.457 e. The summed E-state index contributed by atoms with van der Waals surface area (Å²) in [4.78, 5) is 36.0. The van der Waals surface area contributed by atoms with Crippen molar-refractivity contribution in [1.82, 2.24) is 10.6 Å². The number of aryl methyl sites for hydroxylation is 1. The molecule has 0 fully saturated rings. The van der Waals surface area contributed by atoms with Crippen molar-refractivity contribution in [2.24, 2.45) is 0 Å². The van der Waals surface area contributed by atoms with Crippen molar-refractivity contribution in [3.05, 3.63) is 93.4 Å². The van der Waals surface area contributed by atoms with E-state index >= 15 is 0 Å². The van der Waals surface area contributed by atoms with Gasteiger partial charge in [-0.05, 0) is 64.1 Å². The number of nitrogens with one attached hydrogen (secondary N) is 2. The second-order valence-electron chi connectivity index (χ2n) is 8.59. The van der Waals surface area contributed by atoms with Gasteiger partial charge in [0, 0.05) is 34.9 Å². The molecule has 8 nitrogen and oxygen atoms in total. The van der Waals surface area contributed by atoms with Crippen LogP contribution in [0.3, 0.4) is 0 Å². The van der Waals surface area contributed by atoms with Gasteiger partial charge in [-0.1, -0.05) is 17.7 Å². The molecular formula is C25H25N3O5. The van der Waals surface area contributed by atoms with Gasteiger partial charge in [-0.15, -0.1) is 0 Å². The first kappa shape index (κ1) is 23.5. The average molecular weight is 447 g/mol. The van der Waals surface area contributed by atoms with Crippen LogP contribution in [0.1, 0.15) is 42.5 Å². The molecule has 0 aliphatic carbocycles. The number of nitrogens with zero attached hydrogens (tertiary/aromatic N) is 1. The third-order valence-corrected chi connectivity index (χ3v) is 4.57. The topological polar surface area (TPSA) is 114 Å². The Hall–Kier alpha value is -4.20. The number of non-ortho nitro benzene ring substituents is 1. The van der Waals surface area contributed by atoms with Crippen LogP contribution in [-0.4, -0.2) is 22.3 Å². The van der Waals surface area contributed by atoms with Crippen LogP contribution in [0.2, 0.25) is 0 Å². The Balaban J connectivity index is 1.89. The highest BCUT2D eigenvalue weighted by Crippen LogP contribution is 2.25. The zero-order valence-electron chi connectivity index (χ0n) is 18.8. The van der Waals surface area contributed by atoms with Crippen molar-refractivity contribution in [3.8, 4) is 11.3 Å². The quantitative estimate of drug-likeness (QED) is 0.318. The number of rotatable bonds is 6. The number of benzene rings is 2. The van der Waals surface area contributed by atoms with Gasteiger partial charge in [-0.2, -0.15) is 0 Å². The van der Waals surface area contributed by atoms with Gasteiger partial charge in [0.15, 0.2) is 0 Å². The third-order valence-electron chi connectivity index (χ3n) is 4.57. The summed E-state index contributed by atoms with van der Waals surface area (Å²) in [6.07, 6.45) is 1.45.